The lowest BCUT2D eigenvalue weighted by Gasteiger charge is -2.24. The van der Waals surface area contributed by atoms with Crippen LogP contribution in [0.1, 0.15) is 18.1 Å². The molecule has 0 bridgehead atoms. The van der Waals surface area contributed by atoms with Gasteiger partial charge in [-0.05, 0) is 41.3 Å². The molecule has 36 heavy (non-hydrogen) atoms. The first-order valence-electron chi connectivity index (χ1n) is 11.4. The highest BCUT2D eigenvalue weighted by Gasteiger charge is 2.29. The summed E-state index contributed by atoms with van der Waals surface area (Å²) in [6, 6.07) is 20.9. The van der Waals surface area contributed by atoms with Crippen LogP contribution in [-0.2, 0) is 27.2 Å². The molecule has 3 rings (SSSR count). The summed E-state index contributed by atoms with van der Waals surface area (Å²) in [6.07, 6.45) is -1.21. The topological polar surface area (TPSA) is 148 Å². The van der Waals surface area contributed by atoms with Gasteiger partial charge in [0.05, 0.1) is 12.5 Å². The molecule has 3 aromatic carbocycles. The number of aromatic hydroxyl groups is 1. The molecule has 0 aliphatic carbocycles. The molecule has 188 valence electrons. The predicted molar refractivity (Wildman–Crippen MR) is 133 cm³/mol. The van der Waals surface area contributed by atoms with Crippen molar-refractivity contribution in [2.24, 2.45) is 0 Å². The summed E-state index contributed by atoms with van der Waals surface area (Å²) in [5.74, 6) is -2.07. The molecular formula is C27H29N3O6. The number of aliphatic hydroxyl groups is 1. The van der Waals surface area contributed by atoms with Crippen molar-refractivity contribution in [2.45, 2.75) is 38.0 Å². The van der Waals surface area contributed by atoms with Gasteiger partial charge in [-0.1, -0.05) is 66.7 Å². The number of benzene rings is 3. The molecule has 9 nitrogen and oxygen atoms in total. The second kappa shape index (κ2) is 12.5. The molecule has 3 amide bonds. The van der Waals surface area contributed by atoms with E-state index in [1.165, 1.54) is 24.5 Å². The van der Waals surface area contributed by atoms with Crippen LogP contribution in [0, 0.1) is 0 Å². The highest BCUT2D eigenvalue weighted by molar-refractivity contribution is 5.92. The van der Waals surface area contributed by atoms with Crippen molar-refractivity contribution < 1.29 is 29.8 Å². The van der Waals surface area contributed by atoms with Crippen molar-refractivity contribution in [1.29, 1.82) is 0 Å². The Morgan fingerprint density at radius 3 is 1.94 bits per heavy atom. The first-order chi connectivity index (χ1) is 17.3. The Kier molecular flexibility index (Phi) is 9.15. The van der Waals surface area contributed by atoms with Crippen molar-refractivity contribution in [3.8, 4) is 16.9 Å². The third kappa shape index (κ3) is 7.39. The lowest BCUT2D eigenvalue weighted by atomic mass is 10.0. The van der Waals surface area contributed by atoms with Gasteiger partial charge in [0.15, 0.2) is 0 Å². The maximum atomic E-state index is 13.0. The highest BCUT2D eigenvalue weighted by Crippen LogP contribution is 2.19. The molecule has 0 heterocycles. The summed E-state index contributed by atoms with van der Waals surface area (Å²) < 4.78 is 0. The normalized spacial score (nSPS) is 13.2. The summed E-state index contributed by atoms with van der Waals surface area (Å²) in [4.78, 5) is 37.7. The zero-order chi connectivity index (χ0) is 26.1. The standard InChI is InChI=1S/C27H29N3O6/c1-17(31)25(27(35)30-36)29-26(34)23(15-18-9-13-22(32)14-10-18)28-24(33)16-19-7-11-21(12-8-19)20-5-3-2-4-6-20/h2-14,17,23,25,31-32,36H,15-16H2,1H3,(H,28,33)(H,29,34)(H,30,35)/t17-,23+,25?/m1/s1. The minimum absolute atomic E-state index is 0.0192. The Hall–Kier alpha value is -4.21. The van der Waals surface area contributed by atoms with E-state index in [-0.39, 0.29) is 18.6 Å². The minimum Gasteiger partial charge on any atom is -0.508 e. The molecule has 0 aliphatic heterocycles. The number of aliphatic hydroxyl groups excluding tert-OH is 1. The fourth-order valence-electron chi connectivity index (χ4n) is 3.68. The third-order valence-corrected chi connectivity index (χ3v) is 5.63. The molecular weight excluding hydrogens is 462 g/mol. The van der Waals surface area contributed by atoms with Crippen LogP contribution in [-0.4, -0.2) is 51.3 Å². The van der Waals surface area contributed by atoms with Gasteiger partial charge in [0.25, 0.3) is 5.91 Å². The molecule has 0 aliphatic rings. The van der Waals surface area contributed by atoms with Crippen LogP contribution in [0.15, 0.2) is 78.9 Å². The van der Waals surface area contributed by atoms with Crippen LogP contribution in [0.3, 0.4) is 0 Å². The molecule has 3 aromatic rings. The Labute approximate surface area is 208 Å². The molecule has 3 atom stereocenters. The zero-order valence-electron chi connectivity index (χ0n) is 19.7. The van der Waals surface area contributed by atoms with Crippen LogP contribution >= 0.6 is 0 Å². The van der Waals surface area contributed by atoms with Gasteiger partial charge in [0.1, 0.15) is 17.8 Å². The molecule has 0 saturated heterocycles. The Morgan fingerprint density at radius 2 is 1.36 bits per heavy atom. The average molecular weight is 492 g/mol. The van der Waals surface area contributed by atoms with E-state index >= 15 is 0 Å². The van der Waals surface area contributed by atoms with Crippen molar-refractivity contribution in [2.75, 3.05) is 0 Å². The number of phenolic OH excluding ortho intramolecular Hbond substituents is 1. The van der Waals surface area contributed by atoms with E-state index in [0.717, 1.165) is 16.7 Å². The number of phenols is 1. The molecule has 0 aromatic heterocycles. The van der Waals surface area contributed by atoms with Crippen LogP contribution in [0.25, 0.3) is 11.1 Å². The number of hydrogen-bond donors (Lipinski definition) is 6. The number of amides is 3. The smallest absolute Gasteiger partial charge is 0.268 e. The van der Waals surface area contributed by atoms with Gasteiger partial charge in [-0.25, -0.2) is 5.48 Å². The number of carbonyl (C=O) groups is 3. The lowest BCUT2D eigenvalue weighted by molar-refractivity contribution is -0.138. The van der Waals surface area contributed by atoms with E-state index in [1.54, 1.807) is 12.1 Å². The van der Waals surface area contributed by atoms with E-state index in [9.17, 15) is 24.6 Å². The van der Waals surface area contributed by atoms with E-state index in [4.69, 9.17) is 5.21 Å². The second-order valence-electron chi connectivity index (χ2n) is 8.43. The quantitative estimate of drug-likeness (QED) is 0.188. The Bertz CT molecular complexity index is 1160. The zero-order valence-corrected chi connectivity index (χ0v) is 19.7. The fraction of sp³-hybridized carbons (Fsp3) is 0.222. The number of hydrogen-bond acceptors (Lipinski definition) is 6. The van der Waals surface area contributed by atoms with E-state index in [1.807, 2.05) is 54.6 Å². The first-order valence-corrected chi connectivity index (χ1v) is 11.4. The van der Waals surface area contributed by atoms with Gasteiger partial charge in [0, 0.05) is 6.42 Å². The van der Waals surface area contributed by atoms with Gasteiger partial charge in [-0.3, -0.25) is 19.6 Å². The molecule has 0 saturated carbocycles. The largest absolute Gasteiger partial charge is 0.508 e. The van der Waals surface area contributed by atoms with E-state index in [2.05, 4.69) is 10.6 Å². The number of nitrogens with one attached hydrogen (secondary N) is 3. The summed E-state index contributed by atoms with van der Waals surface area (Å²) in [6.45, 7) is 1.28. The SMILES string of the molecule is C[C@@H](O)C(NC(=O)[C@H](Cc1ccc(O)cc1)NC(=O)Cc1ccc(-c2ccccc2)cc1)C(=O)NO. The number of rotatable bonds is 10. The van der Waals surface area contributed by atoms with Crippen LogP contribution in [0.5, 0.6) is 5.75 Å². The monoisotopic (exact) mass is 491 g/mol. The Balaban J connectivity index is 1.72. The molecule has 0 spiro atoms. The van der Waals surface area contributed by atoms with Crippen LogP contribution in [0.2, 0.25) is 0 Å². The average Bonchev–Trinajstić information content (AvgIpc) is 2.88. The first kappa shape index (κ1) is 26.4. The lowest BCUT2D eigenvalue weighted by Crippen LogP contribution is -2.57. The molecule has 0 fully saturated rings. The highest BCUT2D eigenvalue weighted by atomic mass is 16.5. The van der Waals surface area contributed by atoms with Gasteiger partial charge in [-0.2, -0.15) is 0 Å². The van der Waals surface area contributed by atoms with Crippen LogP contribution in [0.4, 0.5) is 0 Å². The fourth-order valence-corrected chi connectivity index (χ4v) is 3.68. The van der Waals surface area contributed by atoms with E-state index < -0.39 is 35.9 Å². The number of hydroxylamine groups is 1. The van der Waals surface area contributed by atoms with Crippen molar-refractivity contribution >= 4 is 17.7 Å². The second-order valence-corrected chi connectivity index (χ2v) is 8.43. The maximum absolute atomic E-state index is 13.0. The number of carbonyl (C=O) groups excluding carboxylic acids is 3. The van der Waals surface area contributed by atoms with Gasteiger partial charge >= 0.3 is 0 Å². The van der Waals surface area contributed by atoms with Gasteiger partial charge < -0.3 is 20.8 Å². The van der Waals surface area contributed by atoms with Crippen LogP contribution < -0.4 is 16.1 Å². The van der Waals surface area contributed by atoms with Gasteiger partial charge in [0.2, 0.25) is 11.8 Å². The summed E-state index contributed by atoms with van der Waals surface area (Å²) in [5, 5.41) is 33.3. The van der Waals surface area contributed by atoms with Crippen molar-refractivity contribution in [1.82, 2.24) is 16.1 Å². The summed E-state index contributed by atoms with van der Waals surface area (Å²) >= 11 is 0. The molecule has 6 N–H and O–H groups in total. The molecule has 1 unspecified atom stereocenters. The third-order valence-electron chi connectivity index (χ3n) is 5.63. The van der Waals surface area contributed by atoms with Crippen molar-refractivity contribution in [3.63, 3.8) is 0 Å². The predicted octanol–water partition coefficient (Wildman–Crippen LogP) is 1.70. The Morgan fingerprint density at radius 1 is 0.778 bits per heavy atom. The summed E-state index contributed by atoms with van der Waals surface area (Å²) in [5.41, 5.74) is 4.87. The molecule has 9 heteroatoms. The minimum atomic E-state index is -1.42. The summed E-state index contributed by atoms with van der Waals surface area (Å²) in [7, 11) is 0. The molecule has 0 radical (unpaired) electrons. The van der Waals surface area contributed by atoms with Crippen molar-refractivity contribution in [3.05, 3.63) is 90.0 Å². The maximum Gasteiger partial charge on any atom is 0.268 e. The van der Waals surface area contributed by atoms with Gasteiger partial charge in [-0.15, -0.1) is 0 Å². The van der Waals surface area contributed by atoms with E-state index in [0.29, 0.717) is 5.56 Å².